The summed E-state index contributed by atoms with van der Waals surface area (Å²) in [6.45, 7) is 3.04. The number of nitrogens with two attached hydrogens (primary N) is 1. The number of halogens is 1. The highest BCUT2D eigenvalue weighted by atomic mass is 35.5. The maximum absolute atomic E-state index is 12.6. The standard InChI is InChI=1S/C22H20ClN3O3/c1-13(29-20-9-18(23)10-25-21(20)24)14-3-2-4-19(8-14)26-22(27)15-5-6-16-11-28-12-17(16)7-15/h2-10,13H,11-12H2,1H3,(H2,24,25)(H,26,27). The Bertz CT molecular complexity index is 1070. The molecule has 4 rings (SSSR count). The zero-order valence-electron chi connectivity index (χ0n) is 15.8. The number of ether oxygens (including phenoxy) is 2. The summed E-state index contributed by atoms with van der Waals surface area (Å²) >= 11 is 5.97. The van der Waals surface area contributed by atoms with Gasteiger partial charge >= 0.3 is 0 Å². The number of carbonyl (C=O) groups is 1. The third kappa shape index (κ3) is 4.34. The predicted molar refractivity (Wildman–Crippen MR) is 112 cm³/mol. The fraction of sp³-hybridized carbons (Fsp3) is 0.182. The maximum atomic E-state index is 12.6. The minimum atomic E-state index is -0.313. The number of nitrogens with one attached hydrogen (secondary N) is 1. The molecule has 1 aromatic heterocycles. The molecule has 0 bridgehead atoms. The highest BCUT2D eigenvalue weighted by Gasteiger charge is 2.16. The summed E-state index contributed by atoms with van der Waals surface area (Å²) in [6.07, 6.45) is 1.15. The quantitative estimate of drug-likeness (QED) is 0.635. The molecule has 0 radical (unpaired) electrons. The van der Waals surface area contributed by atoms with Crippen LogP contribution in [0.4, 0.5) is 11.5 Å². The summed E-state index contributed by atoms with van der Waals surface area (Å²) in [5.41, 5.74) is 10.2. The number of hydrogen-bond donors (Lipinski definition) is 2. The molecular weight excluding hydrogens is 390 g/mol. The molecule has 1 aliphatic rings. The lowest BCUT2D eigenvalue weighted by Gasteiger charge is -2.17. The number of hydrogen-bond acceptors (Lipinski definition) is 5. The van der Waals surface area contributed by atoms with Crippen LogP contribution >= 0.6 is 11.6 Å². The molecule has 1 amide bonds. The Balaban J connectivity index is 1.48. The molecule has 1 aliphatic heterocycles. The van der Waals surface area contributed by atoms with Gasteiger partial charge in [-0.25, -0.2) is 4.98 Å². The molecule has 148 valence electrons. The van der Waals surface area contributed by atoms with Gasteiger partial charge in [0.15, 0.2) is 11.6 Å². The van der Waals surface area contributed by atoms with E-state index in [1.54, 1.807) is 6.07 Å². The zero-order chi connectivity index (χ0) is 20.4. The molecular formula is C22H20ClN3O3. The van der Waals surface area contributed by atoms with Crippen molar-refractivity contribution in [3.05, 3.63) is 82.0 Å². The van der Waals surface area contributed by atoms with E-state index in [1.807, 2.05) is 49.4 Å². The van der Waals surface area contributed by atoms with Gasteiger partial charge < -0.3 is 20.5 Å². The number of carbonyl (C=O) groups excluding carboxylic acids is 1. The van der Waals surface area contributed by atoms with Crippen LogP contribution in [0.1, 0.15) is 40.1 Å². The third-order valence-electron chi connectivity index (χ3n) is 4.75. The molecule has 2 aromatic carbocycles. The average molecular weight is 410 g/mol. The minimum absolute atomic E-state index is 0.172. The first-order valence-corrected chi connectivity index (χ1v) is 9.56. The van der Waals surface area contributed by atoms with Crippen LogP contribution in [0.5, 0.6) is 5.75 Å². The summed E-state index contributed by atoms with van der Waals surface area (Å²) in [5.74, 6) is 0.514. The number of aromatic nitrogens is 1. The largest absolute Gasteiger partial charge is 0.482 e. The number of pyridine rings is 1. The lowest BCUT2D eigenvalue weighted by molar-refractivity contribution is 0.102. The SMILES string of the molecule is CC(Oc1cc(Cl)cnc1N)c1cccc(NC(=O)c2ccc3c(c2)COC3)c1. The molecule has 2 heterocycles. The average Bonchev–Trinajstić information content (AvgIpc) is 3.18. The van der Waals surface area contributed by atoms with Crippen molar-refractivity contribution in [2.24, 2.45) is 0 Å². The number of benzene rings is 2. The molecule has 0 aliphatic carbocycles. The number of rotatable bonds is 5. The molecule has 0 spiro atoms. The van der Waals surface area contributed by atoms with Crippen LogP contribution in [-0.2, 0) is 18.0 Å². The van der Waals surface area contributed by atoms with Crippen molar-refractivity contribution in [3.8, 4) is 5.75 Å². The molecule has 1 atom stereocenters. The van der Waals surface area contributed by atoms with Crippen molar-refractivity contribution in [2.75, 3.05) is 11.1 Å². The fourth-order valence-electron chi connectivity index (χ4n) is 3.17. The number of nitrogen functional groups attached to an aromatic ring is 1. The van der Waals surface area contributed by atoms with Crippen molar-refractivity contribution in [1.82, 2.24) is 4.98 Å². The third-order valence-corrected chi connectivity index (χ3v) is 4.96. The van der Waals surface area contributed by atoms with Gasteiger partial charge in [-0.3, -0.25) is 4.79 Å². The second kappa shape index (κ2) is 8.11. The van der Waals surface area contributed by atoms with E-state index in [1.165, 1.54) is 6.20 Å². The van der Waals surface area contributed by atoms with Crippen LogP contribution in [0.25, 0.3) is 0 Å². The second-order valence-corrected chi connectivity index (χ2v) is 7.29. The normalized spacial score (nSPS) is 13.6. The van der Waals surface area contributed by atoms with Gasteiger partial charge in [0.1, 0.15) is 6.10 Å². The summed E-state index contributed by atoms with van der Waals surface area (Å²) in [4.78, 5) is 16.6. The Morgan fingerprint density at radius 1 is 1.21 bits per heavy atom. The van der Waals surface area contributed by atoms with Crippen LogP contribution in [0.2, 0.25) is 5.02 Å². The van der Waals surface area contributed by atoms with Gasteiger partial charge in [0.05, 0.1) is 18.2 Å². The maximum Gasteiger partial charge on any atom is 0.255 e. The van der Waals surface area contributed by atoms with Gasteiger partial charge in [-0.1, -0.05) is 29.8 Å². The van der Waals surface area contributed by atoms with Gasteiger partial charge in [-0.2, -0.15) is 0 Å². The van der Waals surface area contributed by atoms with Crippen molar-refractivity contribution >= 4 is 29.0 Å². The molecule has 0 saturated carbocycles. The van der Waals surface area contributed by atoms with Crippen molar-refractivity contribution < 1.29 is 14.3 Å². The summed E-state index contributed by atoms with van der Waals surface area (Å²) in [6, 6.07) is 14.7. The van der Waals surface area contributed by atoms with Crippen LogP contribution in [-0.4, -0.2) is 10.9 Å². The first-order valence-electron chi connectivity index (χ1n) is 9.18. The van der Waals surface area contributed by atoms with Crippen molar-refractivity contribution in [3.63, 3.8) is 0 Å². The van der Waals surface area contributed by atoms with Gasteiger partial charge in [-0.15, -0.1) is 0 Å². The molecule has 7 heteroatoms. The Morgan fingerprint density at radius 2 is 2.03 bits per heavy atom. The highest BCUT2D eigenvalue weighted by molar-refractivity contribution is 6.30. The number of amides is 1. The Kier molecular flexibility index (Phi) is 5.38. The lowest BCUT2D eigenvalue weighted by Crippen LogP contribution is -2.13. The molecule has 3 N–H and O–H groups in total. The minimum Gasteiger partial charge on any atom is -0.482 e. The van der Waals surface area contributed by atoms with Crippen LogP contribution < -0.4 is 15.8 Å². The van der Waals surface area contributed by atoms with Gasteiger partial charge in [0.2, 0.25) is 0 Å². The van der Waals surface area contributed by atoms with E-state index in [4.69, 9.17) is 26.8 Å². The van der Waals surface area contributed by atoms with Crippen LogP contribution in [0.15, 0.2) is 54.7 Å². The molecule has 6 nitrogen and oxygen atoms in total. The van der Waals surface area contributed by atoms with E-state index in [2.05, 4.69) is 10.3 Å². The zero-order valence-corrected chi connectivity index (χ0v) is 16.6. The molecule has 1 unspecified atom stereocenters. The summed E-state index contributed by atoms with van der Waals surface area (Å²) in [5, 5.41) is 3.38. The number of anilines is 2. The van der Waals surface area contributed by atoms with Crippen LogP contribution in [0, 0.1) is 0 Å². The monoisotopic (exact) mass is 409 g/mol. The lowest BCUT2D eigenvalue weighted by atomic mass is 10.1. The summed E-state index contributed by atoms with van der Waals surface area (Å²) < 4.78 is 11.3. The first kappa shape index (κ1) is 19.2. The molecule has 29 heavy (non-hydrogen) atoms. The predicted octanol–water partition coefficient (Wildman–Crippen LogP) is 4.74. The number of fused-ring (bicyclic) bond motifs is 1. The van der Waals surface area contributed by atoms with Gasteiger partial charge in [-0.05, 0) is 47.9 Å². The van der Waals surface area contributed by atoms with E-state index in [-0.39, 0.29) is 17.8 Å². The van der Waals surface area contributed by atoms with Gasteiger partial charge in [0.25, 0.3) is 5.91 Å². The topological polar surface area (TPSA) is 86.5 Å². The van der Waals surface area contributed by atoms with Crippen molar-refractivity contribution in [1.29, 1.82) is 0 Å². The van der Waals surface area contributed by atoms with Crippen molar-refractivity contribution in [2.45, 2.75) is 26.2 Å². The molecule has 0 fully saturated rings. The van der Waals surface area contributed by atoms with E-state index in [0.29, 0.717) is 35.2 Å². The molecule has 3 aromatic rings. The fourth-order valence-corrected chi connectivity index (χ4v) is 3.32. The first-order chi connectivity index (χ1) is 14.0. The second-order valence-electron chi connectivity index (χ2n) is 6.85. The number of nitrogens with zero attached hydrogens (tertiary/aromatic N) is 1. The van der Waals surface area contributed by atoms with E-state index >= 15 is 0 Å². The Hall–Kier alpha value is -3.09. The Labute approximate surface area is 173 Å². The van der Waals surface area contributed by atoms with Gasteiger partial charge in [0, 0.05) is 23.5 Å². The smallest absolute Gasteiger partial charge is 0.255 e. The van der Waals surface area contributed by atoms with E-state index in [0.717, 1.165) is 16.7 Å². The Morgan fingerprint density at radius 3 is 2.90 bits per heavy atom. The van der Waals surface area contributed by atoms with Crippen LogP contribution in [0.3, 0.4) is 0 Å². The van der Waals surface area contributed by atoms with E-state index in [9.17, 15) is 4.79 Å². The highest BCUT2D eigenvalue weighted by Crippen LogP contribution is 2.29. The van der Waals surface area contributed by atoms with E-state index < -0.39 is 0 Å². The summed E-state index contributed by atoms with van der Waals surface area (Å²) in [7, 11) is 0. The molecule has 0 saturated heterocycles.